The summed E-state index contributed by atoms with van der Waals surface area (Å²) in [5.74, 6) is 0.144. The molecule has 4 heterocycles. The summed E-state index contributed by atoms with van der Waals surface area (Å²) in [6.45, 7) is 37.7. The summed E-state index contributed by atoms with van der Waals surface area (Å²) in [6, 6.07) is 49.8. The molecule has 0 radical (unpaired) electrons. The first-order chi connectivity index (χ1) is 35.4. The van der Waals surface area contributed by atoms with Crippen LogP contribution in [0.25, 0.3) is 48.0 Å². The van der Waals surface area contributed by atoms with E-state index in [2.05, 4.69) is 265 Å². The maximum Gasteiger partial charge on any atom is 0.226 e. The molecule has 7 aromatic carbocycles. The molecule has 0 fully saturated rings. The van der Waals surface area contributed by atoms with Gasteiger partial charge in [-0.1, -0.05) is 174 Å². The fraction of sp³-hybridized carbons (Fsp3) is 0.314. The molecular weight excluding hydrogens is 926 g/mol. The predicted molar refractivity (Wildman–Crippen MR) is 329 cm³/mol. The number of aryl methyl sites for hydroxylation is 4. The van der Waals surface area contributed by atoms with Crippen molar-refractivity contribution < 1.29 is 0 Å². The predicted octanol–water partition coefficient (Wildman–Crippen LogP) is 18.5. The molecule has 0 saturated carbocycles. The van der Waals surface area contributed by atoms with Crippen molar-refractivity contribution in [2.75, 3.05) is 9.80 Å². The van der Waals surface area contributed by atoms with Crippen LogP contribution in [0, 0.1) is 27.7 Å². The van der Waals surface area contributed by atoms with Crippen LogP contribution in [0.2, 0.25) is 5.82 Å². The first-order valence-electron chi connectivity index (χ1n) is 27.5. The first kappa shape index (κ1) is 49.3. The van der Waals surface area contributed by atoms with Gasteiger partial charge < -0.3 is 14.4 Å². The second kappa shape index (κ2) is 17.0. The van der Waals surface area contributed by atoms with Gasteiger partial charge in [-0.2, -0.15) is 0 Å². The van der Waals surface area contributed by atoms with Crippen molar-refractivity contribution in [2.24, 2.45) is 0 Å². The van der Waals surface area contributed by atoms with Crippen LogP contribution >= 0.6 is 11.3 Å². The van der Waals surface area contributed by atoms with Crippen LogP contribution in [0.3, 0.4) is 0 Å². The number of thiophene rings is 1. The Morgan fingerprint density at radius 1 is 0.533 bits per heavy atom. The maximum atomic E-state index is 2.75. The van der Waals surface area contributed by atoms with Gasteiger partial charge in [-0.25, -0.2) is 0 Å². The van der Waals surface area contributed by atoms with Crippen LogP contribution in [0.4, 0.5) is 22.7 Å². The van der Waals surface area contributed by atoms with Gasteiger partial charge in [-0.3, -0.25) is 0 Å². The summed E-state index contributed by atoms with van der Waals surface area (Å²) in [4.78, 5) is 5.35. The van der Waals surface area contributed by atoms with Crippen molar-refractivity contribution in [2.45, 2.75) is 145 Å². The van der Waals surface area contributed by atoms with Crippen LogP contribution < -0.4 is 20.7 Å². The molecule has 3 aliphatic rings. The number of hydrogen-bond donors (Lipinski definition) is 0. The lowest BCUT2D eigenvalue weighted by Gasteiger charge is -2.47. The second-order valence-electron chi connectivity index (χ2n) is 26.5. The average molecular weight is 1000 g/mol. The van der Waals surface area contributed by atoms with Crippen LogP contribution in [0.5, 0.6) is 0 Å². The summed E-state index contributed by atoms with van der Waals surface area (Å²) in [6.07, 6.45) is 6.09. The lowest BCUT2D eigenvalue weighted by molar-refractivity contribution is 0.589. The molecule has 0 spiro atoms. The van der Waals surface area contributed by atoms with Gasteiger partial charge in [0.05, 0.1) is 16.1 Å². The van der Waals surface area contributed by atoms with Gasteiger partial charge in [0.15, 0.2) is 0 Å². The Morgan fingerprint density at radius 2 is 1.12 bits per heavy atom. The van der Waals surface area contributed by atoms with Crippen molar-refractivity contribution in [3.05, 3.63) is 195 Å². The zero-order chi connectivity index (χ0) is 53.0. The zero-order valence-corrected chi connectivity index (χ0v) is 48.2. The third-order valence-corrected chi connectivity index (χ3v) is 18.4. The maximum absolute atomic E-state index is 2.75. The van der Waals surface area contributed by atoms with Gasteiger partial charge in [-0.05, 0) is 166 Å². The van der Waals surface area contributed by atoms with Crippen molar-refractivity contribution in [3.63, 3.8) is 0 Å². The quantitative estimate of drug-likeness (QED) is 0.159. The minimum atomic E-state index is -0.135. The third-order valence-electron chi connectivity index (χ3n) is 17.1. The van der Waals surface area contributed by atoms with Crippen LogP contribution in [0.1, 0.15) is 134 Å². The van der Waals surface area contributed by atoms with Gasteiger partial charge in [0, 0.05) is 66.1 Å². The molecule has 9 aromatic rings. The molecule has 0 amide bonds. The fourth-order valence-electron chi connectivity index (χ4n) is 12.8. The molecule has 1 unspecified atom stereocenters. The molecule has 1 atom stereocenters. The van der Waals surface area contributed by atoms with Gasteiger partial charge in [-0.15, -0.1) is 11.3 Å². The molecule has 0 saturated heterocycles. The van der Waals surface area contributed by atoms with E-state index >= 15 is 0 Å². The number of anilines is 4. The minimum Gasteiger partial charge on any atom is -0.314 e. The van der Waals surface area contributed by atoms with E-state index in [1.54, 1.807) is 0 Å². The Bertz CT molecular complexity index is 3860. The van der Waals surface area contributed by atoms with Crippen molar-refractivity contribution in [3.8, 4) is 16.9 Å². The van der Waals surface area contributed by atoms with E-state index in [-0.39, 0.29) is 34.2 Å². The van der Waals surface area contributed by atoms with Crippen LogP contribution in [0.15, 0.2) is 151 Å². The number of benzene rings is 7. The number of hydrogen-bond acceptors (Lipinski definition) is 3. The highest BCUT2D eigenvalue weighted by Crippen LogP contribution is 2.54. The van der Waals surface area contributed by atoms with Crippen LogP contribution in [-0.4, -0.2) is 11.3 Å². The van der Waals surface area contributed by atoms with E-state index in [9.17, 15) is 0 Å². The van der Waals surface area contributed by atoms with E-state index < -0.39 is 0 Å². The Hall–Kier alpha value is -6.56. The summed E-state index contributed by atoms with van der Waals surface area (Å²) < 4.78 is 5.36. The molecule has 378 valence electrons. The molecule has 2 aromatic heterocycles. The monoisotopic (exact) mass is 1000 g/mol. The Balaban J connectivity index is 1.20. The summed E-state index contributed by atoms with van der Waals surface area (Å²) in [5.41, 5.74) is 26.2. The molecule has 5 heteroatoms. The lowest BCUT2D eigenvalue weighted by Crippen LogP contribution is -2.57. The highest BCUT2D eigenvalue weighted by Gasteiger charge is 2.49. The van der Waals surface area contributed by atoms with Gasteiger partial charge in [0.1, 0.15) is 0 Å². The first-order valence-corrected chi connectivity index (χ1v) is 28.3. The van der Waals surface area contributed by atoms with E-state index in [1.165, 1.54) is 138 Å². The SMILES string of the molecule is Cc1ccccc1-c1c(C)c2cc(C(C)(C)C)cc3c2n1-c1cc(C(C)(C)C)cc2c1B3C1CC=C(N(c3ccc(C(C)(C)C)cc3C)c3ccc(C(C)(C)C)cc3C)C=C1N2c1cccc2c1sc1ccccc12. The molecule has 75 heavy (non-hydrogen) atoms. The highest BCUT2D eigenvalue weighted by atomic mass is 32.1. The van der Waals surface area contributed by atoms with E-state index in [0.29, 0.717) is 0 Å². The second-order valence-corrected chi connectivity index (χ2v) is 27.5. The average Bonchev–Trinajstić information content (AvgIpc) is 3.87. The number of aromatic nitrogens is 1. The molecule has 0 N–H and O–H groups in total. The number of fused-ring (bicyclic) bond motifs is 7. The Morgan fingerprint density at radius 3 is 1.75 bits per heavy atom. The molecule has 1 aliphatic carbocycles. The standard InChI is InChI=1S/C70H74BN3S/c1-41-22-17-18-23-50(41)64-44(4)53-36-47(69(11,12)13)37-55-65(53)74(64)61-39-48(70(14,15)16)38-60-63(61)71(55)54-31-30-49(40-59(54)73(60)58-26-21-25-52-51-24-19-20-27-62(51)75-66(52)58)72(56-32-28-45(34-42(56)2)67(5,6)7)57-33-29-46(35-43(57)3)68(8,9)10/h17-30,32-40,54H,31H2,1-16H3. The molecule has 2 aliphatic heterocycles. The Kier molecular flexibility index (Phi) is 11.2. The van der Waals surface area contributed by atoms with Crippen molar-refractivity contribution in [1.29, 1.82) is 0 Å². The molecule has 3 nitrogen and oxygen atoms in total. The van der Waals surface area contributed by atoms with Crippen molar-refractivity contribution in [1.82, 2.24) is 4.57 Å². The smallest absolute Gasteiger partial charge is 0.226 e. The largest absolute Gasteiger partial charge is 0.314 e. The fourth-order valence-corrected chi connectivity index (χ4v) is 14.0. The number of allylic oxidation sites excluding steroid dienone is 3. The van der Waals surface area contributed by atoms with E-state index in [4.69, 9.17) is 0 Å². The minimum absolute atomic E-state index is 0.0286. The highest BCUT2D eigenvalue weighted by molar-refractivity contribution is 7.26. The molecule has 12 rings (SSSR count). The van der Waals surface area contributed by atoms with Gasteiger partial charge >= 0.3 is 0 Å². The van der Waals surface area contributed by atoms with Crippen LogP contribution in [-0.2, 0) is 21.7 Å². The summed E-state index contributed by atoms with van der Waals surface area (Å²) in [7, 11) is 0. The normalized spacial score (nSPS) is 15.7. The third kappa shape index (κ3) is 7.80. The summed E-state index contributed by atoms with van der Waals surface area (Å²) in [5, 5.41) is 4.00. The molecule has 0 bridgehead atoms. The van der Waals surface area contributed by atoms with Crippen molar-refractivity contribution >= 4 is 82.8 Å². The topological polar surface area (TPSA) is 11.4 Å². The summed E-state index contributed by atoms with van der Waals surface area (Å²) >= 11 is 1.94. The zero-order valence-electron chi connectivity index (χ0n) is 47.4. The van der Waals surface area contributed by atoms with Gasteiger partial charge in [0.2, 0.25) is 6.71 Å². The molecular formula is C70H74BN3S. The van der Waals surface area contributed by atoms with E-state index in [0.717, 1.165) is 6.42 Å². The van der Waals surface area contributed by atoms with E-state index in [1.807, 2.05) is 11.3 Å². The number of nitrogens with zero attached hydrogens (tertiary/aromatic N) is 3. The number of rotatable bonds is 5. The van der Waals surface area contributed by atoms with Gasteiger partial charge in [0.25, 0.3) is 0 Å². The lowest BCUT2D eigenvalue weighted by atomic mass is 9.29. The Labute approximate surface area is 451 Å².